The molecule has 1 amide bonds. The van der Waals surface area contributed by atoms with Gasteiger partial charge < -0.3 is 10.1 Å². The van der Waals surface area contributed by atoms with Crippen molar-refractivity contribution in [2.75, 3.05) is 13.7 Å². The van der Waals surface area contributed by atoms with Gasteiger partial charge in [-0.2, -0.15) is 0 Å². The number of nitrogens with two attached hydrogens (primary N) is 1. The highest BCUT2D eigenvalue weighted by atomic mass is 32.2. The summed E-state index contributed by atoms with van der Waals surface area (Å²) >= 11 is 0. The summed E-state index contributed by atoms with van der Waals surface area (Å²) in [6.07, 6.45) is 2.11. The predicted octanol–water partition coefficient (Wildman–Crippen LogP) is 0.622. The summed E-state index contributed by atoms with van der Waals surface area (Å²) in [5.41, 5.74) is -0.104. The number of benzene rings is 1. The molecule has 0 aliphatic heterocycles. The van der Waals surface area contributed by atoms with E-state index in [2.05, 4.69) is 10.1 Å². The molecule has 1 aliphatic carbocycles. The Morgan fingerprint density at radius 2 is 2.15 bits per heavy atom. The topological polar surface area (TPSA) is 98.5 Å². The van der Waals surface area contributed by atoms with Crippen LogP contribution in [0.25, 0.3) is 0 Å². The quantitative estimate of drug-likeness (QED) is 0.833. The third-order valence-corrected chi connectivity index (χ3v) is 3.95. The Morgan fingerprint density at radius 1 is 1.50 bits per heavy atom. The largest absolute Gasteiger partial charge is 0.492 e. The van der Waals surface area contributed by atoms with Gasteiger partial charge in [-0.15, -0.1) is 0 Å². The highest BCUT2D eigenvalue weighted by molar-refractivity contribution is 7.89. The standard InChI is InChI=1S/C12H15FN2O4S/c1-19-11-9(13)4-8(5-10(11)20(14,17)18)12(16)15-6-7-2-3-7/h4-5,7H,2-3,6H2,1H3,(H,15,16)(H2,14,17,18). The van der Waals surface area contributed by atoms with Gasteiger partial charge in [0.05, 0.1) is 7.11 Å². The van der Waals surface area contributed by atoms with Crippen molar-refractivity contribution in [2.45, 2.75) is 17.7 Å². The van der Waals surface area contributed by atoms with Crippen molar-refractivity contribution < 1.29 is 22.3 Å². The molecule has 1 fully saturated rings. The molecule has 20 heavy (non-hydrogen) atoms. The molecule has 0 aromatic heterocycles. The van der Waals surface area contributed by atoms with Crippen LogP contribution in [0.3, 0.4) is 0 Å². The molecule has 0 heterocycles. The van der Waals surface area contributed by atoms with Gasteiger partial charge >= 0.3 is 0 Å². The van der Waals surface area contributed by atoms with Crippen LogP contribution >= 0.6 is 0 Å². The molecule has 0 atom stereocenters. The third kappa shape index (κ3) is 3.26. The molecule has 1 aliphatic rings. The van der Waals surface area contributed by atoms with E-state index in [0.29, 0.717) is 12.5 Å². The first-order valence-corrected chi connectivity index (χ1v) is 7.56. The second-order valence-electron chi connectivity index (χ2n) is 4.69. The first-order valence-electron chi connectivity index (χ1n) is 6.01. The lowest BCUT2D eigenvalue weighted by molar-refractivity contribution is 0.0951. The van der Waals surface area contributed by atoms with Gasteiger partial charge in [0.1, 0.15) is 4.90 Å². The molecule has 8 heteroatoms. The van der Waals surface area contributed by atoms with Crippen molar-refractivity contribution in [2.24, 2.45) is 11.1 Å². The predicted molar refractivity (Wildman–Crippen MR) is 69.4 cm³/mol. The smallest absolute Gasteiger partial charge is 0.251 e. The third-order valence-electron chi connectivity index (χ3n) is 3.03. The van der Waals surface area contributed by atoms with E-state index >= 15 is 0 Å². The molecule has 0 bridgehead atoms. The van der Waals surface area contributed by atoms with E-state index in [-0.39, 0.29) is 5.56 Å². The minimum atomic E-state index is -4.19. The van der Waals surface area contributed by atoms with E-state index in [1.54, 1.807) is 0 Å². The van der Waals surface area contributed by atoms with Crippen LogP contribution in [0.5, 0.6) is 5.75 Å². The van der Waals surface area contributed by atoms with Gasteiger partial charge in [0.15, 0.2) is 11.6 Å². The van der Waals surface area contributed by atoms with Crippen molar-refractivity contribution in [1.29, 1.82) is 0 Å². The van der Waals surface area contributed by atoms with Crippen molar-refractivity contribution >= 4 is 15.9 Å². The van der Waals surface area contributed by atoms with Gasteiger partial charge in [0, 0.05) is 12.1 Å². The Bertz CT molecular complexity index is 641. The average Bonchev–Trinajstić information content (AvgIpc) is 3.17. The minimum Gasteiger partial charge on any atom is -0.492 e. The Hall–Kier alpha value is -1.67. The molecular formula is C12H15FN2O4S. The van der Waals surface area contributed by atoms with E-state index in [1.165, 1.54) is 0 Å². The Labute approximate surface area is 116 Å². The summed E-state index contributed by atoms with van der Waals surface area (Å²) in [5, 5.41) is 7.62. The van der Waals surface area contributed by atoms with Crippen LogP contribution < -0.4 is 15.2 Å². The van der Waals surface area contributed by atoms with E-state index in [1.807, 2.05) is 0 Å². The average molecular weight is 302 g/mol. The number of nitrogens with one attached hydrogen (secondary N) is 1. The van der Waals surface area contributed by atoms with Crippen LogP contribution in [0, 0.1) is 11.7 Å². The van der Waals surface area contributed by atoms with Crippen LogP contribution in [-0.4, -0.2) is 28.0 Å². The fourth-order valence-corrected chi connectivity index (χ4v) is 2.50. The Kier molecular flexibility index (Phi) is 3.96. The maximum atomic E-state index is 13.8. The maximum absolute atomic E-state index is 13.8. The molecule has 0 unspecified atom stereocenters. The zero-order chi connectivity index (χ0) is 14.9. The number of ether oxygens (including phenoxy) is 1. The molecule has 0 spiro atoms. The number of hydrogen-bond acceptors (Lipinski definition) is 4. The van der Waals surface area contributed by atoms with Crippen molar-refractivity contribution in [1.82, 2.24) is 5.32 Å². The number of carbonyl (C=O) groups excluding carboxylic acids is 1. The molecule has 6 nitrogen and oxygen atoms in total. The summed E-state index contributed by atoms with van der Waals surface area (Å²) < 4.78 is 41.3. The van der Waals surface area contributed by atoms with Gasteiger partial charge in [-0.25, -0.2) is 17.9 Å². The lowest BCUT2D eigenvalue weighted by Crippen LogP contribution is -2.26. The first kappa shape index (κ1) is 14.7. The van der Waals surface area contributed by atoms with Gasteiger partial charge in [-0.05, 0) is 30.9 Å². The summed E-state index contributed by atoms with van der Waals surface area (Å²) in [7, 11) is -3.06. The van der Waals surface area contributed by atoms with Gasteiger partial charge in [-0.3, -0.25) is 4.79 Å². The molecule has 110 valence electrons. The van der Waals surface area contributed by atoms with E-state index < -0.39 is 32.4 Å². The second-order valence-corrected chi connectivity index (χ2v) is 6.22. The molecule has 2 rings (SSSR count). The Balaban J connectivity index is 2.34. The van der Waals surface area contributed by atoms with Gasteiger partial charge in [0.25, 0.3) is 5.91 Å². The number of amides is 1. The Morgan fingerprint density at radius 3 is 2.65 bits per heavy atom. The van der Waals surface area contributed by atoms with Gasteiger partial charge in [0.2, 0.25) is 10.0 Å². The van der Waals surface area contributed by atoms with E-state index in [0.717, 1.165) is 32.1 Å². The fourth-order valence-electron chi connectivity index (χ4n) is 1.77. The molecule has 0 saturated heterocycles. The van der Waals surface area contributed by atoms with Crippen molar-refractivity contribution in [3.05, 3.63) is 23.5 Å². The summed E-state index contributed by atoms with van der Waals surface area (Å²) in [6.45, 7) is 0.497. The van der Waals surface area contributed by atoms with Gasteiger partial charge in [-0.1, -0.05) is 0 Å². The maximum Gasteiger partial charge on any atom is 0.251 e. The molecule has 1 saturated carbocycles. The lowest BCUT2D eigenvalue weighted by Gasteiger charge is -2.10. The number of hydrogen-bond donors (Lipinski definition) is 2. The molecule has 0 radical (unpaired) electrons. The lowest BCUT2D eigenvalue weighted by atomic mass is 10.2. The van der Waals surface area contributed by atoms with Crippen LogP contribution in [0.15, 0.2) is 17.0 Å². The van der Waals surface area contributed by atoms with Crippen LogP contribution in [0.1, 0.15) is 23.2 Å². The highest BCUT2D eigenvalue weighted by Gasteiger charge is 2.24. The zero-order valence-electron chi connectivity index (χ0n) is 10.8. The summed E-state index contributed by atoms with van der Waals surface area (Å²) in [5.74, 6) is -1.52. The highest BCUT2D eigenvalue weighted by Crippen LogP contribution is 2.29. The number of primary sulfonamides is 1. The van der Waals surface area contributed by atoms with Crippen LogP contribution in [-0.2, 0) is 10.0 Å². The zero-order valence-corrected chi connectivity index (χ0v) is 11.7. The summed E-state index contributed by atoms with van der Waals surface area (Å²) in [6, 6.07) is 1.94. The van der Waals surface area contributed by atoms with Crippen LogP contribution in [0.4, 0.5) is 4.39 Å². The fraction of sp³-hybridized carbons (Fsp3) is 0.417. The van der Waals surface area contributed by atoms with Crippen molar-refractivity contribution in [3.63, 3.8) is 0 Å². The van der Waals surface area contributed by atoms with Crippen molar-refractivity contribution in [3.8, 4) is 5.75 Å². The molecule has 1 aromatic carbocycles. The number of carbonyl (C=O) groups is 1. The molecule has 3 N–H and O–H groups in total. The van der Waals surface area contributed by atoms with Crippen LogP contribution in [0.2, 0.25) is 0 Å². The summed E-state index contributed by atoms with van der Waals surface area (Å²) in [4.78, 5) is 11.3. The number of halogens is 1. The number of rotatable bonds is 5. The SMILES string of the molecule is COc1c(F)cc(C(=O)NCC2CC2)cc1S(N)(=O)=O. The normalized spacial score (nSPS) is 14.9. The monoisotopic (exact) mass is 302 g/mol. The van der Waals surface area contributed by atoms with E-state index in [9.17, 15) is 17.6 Å². The molecule has 1 aromatic rings. The first-order chi connectivity index (χ1) is 9.32. The number of methoxy groups -OCH3 is 1. The number of sulfonamides is 1. The van der Waals surface area contributed by atoms with E-state index in [4.69, 9.17) is 5.14 Å². The second kappa shape index (κ2) is 5.37. The minimum absolute atomic E-state index is 0.104. The molecular weight excluding hydrogens is 287 g/mol.